The number of fused-ring (bicyclic) bond motifs is 1. The largest absolute Gasteiger partial charge is 0.469 e. The Kier molecular flexibility index (Phi) is 9.87. The summed E-state index contributed by atoms with van der Waals surface area (Å²) in [7, 11) is 1.35. The number of methoxy groups -OCH3 is 1. The number of carbonyl (C=O) groups is 2. The molecule has 0 radical (unpaired) electrons. The van der Waals surface area contributed by atoms with E-state index < -0.39 is 24.9 Å². The Balaban J connectivity index is 0.000000714. The van der Waals surface area contributed by atoms with Crippen LogP contribution < -0.4 is 4.90 Å². The Morgan fingerprint density at radius 1 is 1.21 bits per heavy atom. The zero-order valence-corrected chi connectivity index (χ0v) is 19.8. The molecule has 3 heterocycles. The molecule has 0 unspecified atom stereocenters. The molecule has 0 saturated carbocycles. The molecule has 184 valence electrons. The SMILES string of the molecule is CC.COC(=O)[C@@H]1CN(c2cc(F)cc3ncsc23)CC12CN(C(=O)CCCF)C2.FCF. The van der Waals surface area contributed by atoms with Crippen LogP contribution in [0.3, 0.4) is 0 Å². The van der Waals surface area contributed by atoms with E-state index in [0.717, 1.165) is 4.70 Å². The van der Waals surface area contributed by atoms with E-state index in [4.69, 9.17) is 4.74 Å². The summed E-state index contributed by atoms with van der Waals surface area (Å²) in [4.78, 5) is 32.5. The highest BCUT2D eigenvalue weighted by atomic mass is 32.1. The lowest BCUT2D eigenvalue weighted by Gasteiger charge is -2.50. The first-order valence-electron chi connectivity index (χ1n) is 10.7. The van der Waals surface area contributed by atoms with Crippen LogP contribution in [0, 0.1) is 17.2 Å². The minimum Gasteiger partial charge on any atom is -0.469 e. The smallest absolute Gasteiger partial charge is 0.311 e. The maximum absolute atomic E-state index is 14.1. The zero-order chi connectivity index (χ0) is 24.6. The number of ether oxygens (including phenoxy) is 1. The Bertz CT molecular complexity index is 937. The number of amides is 1. The van der Waals surface area contributed by atoms with Gasteiger partial charge in [0.05, 0.1) is 41.1 Å². The predicted molar refractivity (Wildman–Crippen MR) is 120 cm³/mol. The molecule has 2 fully saturated rings. The van der Waals surface area contributed by atoms with E-state index in [9.17, 15) is 27.2 Å². The average Bonchev–Trinajstić information content (AvgIpc) is 3.42. The number of likely N-dealkylation sites (tertiary alicyclic amines) is 1. The molecule has 6 nitrogen and oxygen atoms in total. The number of alkyl halides is 3. The van der Waals surface area contributed by atoms with Gasteiger partial charge in [0.2, 0.25) is 12.8 Å². The highest BCUT2D eigenvalue weighted by Gasteiger charge is 2.58. The van der Waals surface area contributed by atoms with Gasteiger partial charge in [0, 0.05) is 44.1 Å². The van der Waals surface area contributed by atoms with E-state index in [1.54, 1.807) is 10.4 Å². The van der Waals surface area contributed by atoms with Gasteiger partial charge in [-0.05, 0) is 12.5 Å². The van der Waals surface area contributed by atoms with Gasteiger partial charge in [-0.2, -0.15) is 0 Å². The summed E-state index contributed by atoms with van der Waals surface area (Å²) in [5, 5.41) is 0. The molecular weight excluding hydrogens is 462 g/mol. The summed E-state index contributed by atoms with van der Waals surface area (Å²) in [5.74, 6) is -1.20. The number of hydrogen-bond acceptors (Lipinski definition) is 6. The van der Waals surface area contributed by atoms with Gasteiger partial charge >= 0.3 is 5.97 Å². The number of nitrogens with zero attached hydrogens (tertiary/aromatic N) is 3. The molecule has 0 aliphatic carbocycles. The van der Waals surface area contributed by atoms with Crippen LogP contribution in [-0.4, -0.2) is 68.7 Å². The first-order chi connectivity index (χ1) is 15.9. The fourth-order valence-corrected chi connectivity index (χ4v) is 5.17. The molecule has 1 amide bonds. The number of rotatable bonds is 5. The summed E-state index contributed by atoms with van der Waals surface area (Å²) in [6.45, 7) is 3.50. The van der Waals surface area contributed by atoms with Crippen molar-refractivity contribution in [1.82, 2.24) is 9.88 Å². The van der Waals surface area contributed by atoms with Crippen molar-refractivity contribution in [3.8, 4) is 0 Å². The van der Waals surface area contributed by atoms with Crippen LogP contribution >= 0.6 is 11.3 Å². The van der Waals surface area contributed by atoms with Crippen molar-refractivity contribution in [3.63, 3.8) is 0 Å². The summed E-state index contributed by atoms with van der Waals surface area (Å²) in [6.07, 6.45) is 0.381. The number of thiazole rings is 1. The second-order valence-corrected chi connectivity index (χ2v) is 8.44. The second-order valence-electron chi connectivity index (χ2n) is 7.59. The first kappa shape index (κ1) is 26.8. The van der Waals surface area contributed by atoms with E-state index in [1.807, 2.05) is 18.7 Å². The lowest BCUT2D eigenvalue weighted by Crippen LogP contribution is -2.63. The predicted octanol–water partition coefficient (Wildman–Crippen LogP) is 4.53. The van der Waals surface area contributed by atoms with Crippen LogP contribution in [0.1, 0.15) is 26.7 Å². The van der Waals surface area contributed by atoms with Gasteiger partial charge in [0.1, 0.15) is 5.82 Å². The Morgan fingerprint density at radius 3 is 2.48 bits per heavy atom. The number of aromatic nitrogens is 1. The summed E-state index contributed by atoms with van der Waals surface area (Å²) < 4.78 is 51.6. The molecule has 2 aliphatic heterocycles. The van der Waals surface area contributed by atoms with Gasteiger partial charge in [-0.15, -0.1) is 11.3 Å². The number of hydrogen-bond donors (Lipinski definition) is 0. The standard InChI is InChI=1S/C19H21F2N3O3S.C2H6.CH2F2/c1-27-18(26)13-7-23(15-6-12(21)5-14-17(15)28-11-22-14)8-19(13)9-24(10-19)16(25)3-2-4-20;1-2;2-1-3/h5-6,11,13H,2-4,7-10H2,1H3;1-2H3;1H2/t13-;;/m0../s1. The lowest BCUT2D eigenvalue weighted by atomic mass is 9.71. The minimum atomic E-state index is -1.75. The van der Waals surface area contributed by atoms with E-state index in [0.29, 0.717) is 37.4 Å². The van der Waals surface area contributed by atoms with Crippen LogP contribution in [0.4, 0.5) is 23.2 Å². The third-order valence-electron chi connectivity index (χ3n) is 5.74. The van der Waals surface area contributed by atoms with E-state index in [-0.39, 0.29) is 30.5 Å². The molecule has 4 rings (SSSR count). The van der Waals surface area contributed by atoms with Crippen molar-refractivity contribution in [3.05, 3.63) is 23.5 Å². The maximum atomic E-state index is 14.1. The van der Waals surface area contributed by atoms with Gasteiger partial charge in [0.25, 0.3) is 0 Å². The van der Waals surface area contributed by atoms with Crippen molar-refractivity contribution in [2.75, 3.05) is 51.8 Å². The monoisotopic (exact) mass is 491 g/mol. The Labute approximate surface area is 194 Å². The van der Waals surface area contributed by atoms with Gasteiger partial charge < -0.3 is 14.5 Å². The third kappa shape index (κ3) is 5.74. The first-order valence-corrected chi connectivity index (χ1v) is 11.6. The van der Waals surface area contributed by atoms with Crippen LogP contribution in [0.15, 0.2) is 17.6 Å². The molecule has 2 saturated heterocycles. The van der Waals surface area contributed by atoms with E-state index in [2.05, 4.69) is 4.98 Å². The Morgan fingerprint density at radius 2 is 1.88 bits per heavy atom. The number of halogens is 4. The molecule has 1 aromatic heterocycles. The third-order valence-corrected chi connectivity index (χ3v) is 6.60. The minimum absolute atomic E-state index is 0.0963. The number of carbonyl (C=O) groups excluding carboxylic acids is 2. The topological polar surface area (TPSA) is 62.7 Å². The van der Waals surface area contributed by atoms with Gasteiger partial charge in [-0.1, -0.05) is 13.8 Å². The quantitative estimate of drug-likeness (QED) is 0.454. The van der Waals surface area contributed by atoms with Crippen LogP contribution in [-0.2, 0) is 14.3 Å². The van der Waals surface area contributed by atoms with Crippen LogP contribution in [0.25, 0.3) is 10.2 Å². The fraction of sp³-hybridized carbons (Fsp3) is 0.591. The van der Waals surface area contributed by atoms with Crippen molar-refractivity contribution in [2.24, 2.45) is 11.3 Å². The van der Waals surface area contributed by atoms with Crippen LogP contribution in [0.2, 0.25) is 0 Å². The van der Waals surface area contributed by atoms with Gasteiger partial charge in [0.15, 0.2) is 0 Å². The van der Waals surface area contributed by atoms with Gasteiger partial charge in [-0.25, -0.2) is 18.2 Å². The number of benzene rings is 1. The molecular formula is C22H29F4N3O3S. The highest BCUT2D eigenvalue weighted by Crippen LogP contribution is 2.47. The molecule has 2 aliphatic rings. The second kappa shape index (κ2) is 12.2. The number of esters is 1. The summed E-state index contributed by atoms with van der Waals surface area (Å²) in [6, 6.07) is 2.87. The number of anilines is 1. The molecule has 0 bridgehead atoms. The normalized spacial score (nSPS) is 18.2. The lowest BCUT2D eigenvalue weighted by molar-refractivity contribution is -0.159. The van der Waals surface area contributed by atoms with E-state index >= 15 is 0 Å². The van der Waals surface area contributed by atoms with Crippen molar-refractivity contribution in [1.29, 1.82) is 0 Å². The summed E-state index contributed by atoms with van der Waals surface area (Å²) >= 11 is 1.43. The average molecular weight is 492 g/mol. The van der Waals surface area contributed by atoms with Gasteiger partial charge in [-0.3, -0.25) is 14.0 Å². The fourth-order valence-electron chi connectivity index (χ4n) is 4.36. The van der Waals surface area contributed by atoms with Crippen molar-refractivity contribution >= 4 is 39.1 Å². The van der Waals surface area contributed by atoms with Crippen molar-refractivity contribution < 1.29 is 31.9 Å². The molecule has 1 spiro atoms. The highest BCUT2D eigenvalue weighted by molar-refractivity contribution is 7.17. The molecule has 33 heavy (non-hydrogen) atoms. The Hall–Kier alpha value is -2.43. The maximum Gasteiger partial charge on any atom is 0.311 e. The molecule has 0 N–H and O–H groups in total. The molecule has 11 heteroatoms. The molecule has 1 aromatic carbocycles. The molecule has 2 aromatic rings. The summed E-state index contributed by atoms with van der Waals surface area (Å²) in [5.41, 5.74) is 2.55. The molecule has 1 atom stereocenters. The van der Waals surface area contributed by atoms with E-state index in [1.165, 1.54) is 30.6 Å². The zero-order valence-electron chi connectivity index (χ0n) is 19.0. The van der Waals surface area contributed by atoms with Crippen molar-refractivity contribution in [2.45, 2.75) is 26.7 Å². The van der Waals surface area contributed by atoms with Crippen LogP contribution in [0.5, 0.6) is 0 Å².